The monoisotopic (exact) mass is 531 g/mol. The minimum absolute atomic E-state index is 0.0272. The van der Waals surface area contributed by atoms with Crippen molar-refractivity contribution < 1.29 is 9.59 Å². The summed E-state index contributed by atoms with van der Waals surface area (Å²) in [5.41, 5.74) is 6.85. The van der Waals surface area contributed by atoms with Crippen molar-refractivity contribution in [2.24, 2.45) is 5.92 Å². The highest BCUT2D eigenvalue weighted by Crippen LogP contribution is 2.30. The third kappa shape index (κ3) is 6.66. The fourth-order valence-corrected chi connectivity index (χ4v) is 5.44. The van der Waals surface area contributed by atoms with Gasteiger partial charge in [-0.05, 0) is 71.5 Å². The zero-order valence-electron chi connectivity index (χ0n) is 23.4. The maximum Gasteiger partial charge on any atom is 0.230 e. The SMILES string of the molecule is CN(C)c1ccc(-c2ccc(CN(C(=O)C3CCCCC3)c3cccc(C(=O)Cc4ccncc4)c3)cc2)cc1. The number of aromatic nitrogens is 1. The Bertz CT molecular complexity index is 1420. The fraction of sp³-hybridized carbons (Fsp3) is 0.286. The number of anilines is 2. The van der Waals surface area contributed by atoms with E-state index in [1.54, 1.807) is 12.4 Å². The van der Waals surface area contributed by atoms with Gasteiger partial charge in [-0.1, -0.05) is 67.8 Å². The zero-order chi connectivity index (χ0) is 27.9. The lowest BCUT2D eigenvalue weighted by molar-refractivity contribution is -0.123. The van der Waals surface area contributed by atoms with Gasteiger partial charge in [0.05, 0.1) is 6.54 Å². The van der Waals surface area contributed by atoms with Crippen LogP contribution in [0.3, 0.4) is 0 Å². The number of hydrogen-bond acceptors (Lipinski definition) is 4. The van der Waals surface area contributed by atoms with Crippen molar-refractivity contribution in [3.63, 3.8) is 0 Å². The number of carbonyl (C=O) groups excluding carboxylic acids is 2. The summed E-state index contributed by atoms with van der Waals surface area (Å²) >= 11 is 0. The molecule has 3 aromatic carbocycles. The van der Waals surface area contributed by atoms with Crippen LogP contribution < -0.4 is 9.80 Å². The van der Waals surface area contributed by atoms with Crippen LogP contribution in [0, 0.1) is 5.92 Å². The second-order valence-electron chi connectivity index (χ2n) is 10.9. The van der Waals surface area contributed by atoms with Crippen molar-refractivity contribution in [1.82, 2.24) is 4.98 Å². The van der Waals surface area contributed by atoms with E-state index in [2.05, 4.69) is 58.4 Å². The van der Waals surface area contributed by atoms with Gasteiger partial charge in [0, 0.05) is 55.8 Å². The Labute approximate surface area is 237 Å². The van der Waals surface area contributed by atoms with E-state index in [4.69, 9.17) is 0 Å². The normalized spacial score (nSPS) is 13.6. The first-order valence-corrected chi connectivity index (χ1v) is 14.2. The Balaban J connectivity index is 1.39. The highest BCUT2D eigenvalue weighted by molar-refractivity contribution is 6.00. The van der Waals surface area contributed by atoms with Gasteiger partial charge >= 0.3 is 0 Å². The fourth-order valence-electron chi connectivity index (χ4n) is 5.44. The van der Waals surface area contributed by atoms with E-state index in [-0.39, 0.29) is 17.6 Å². The Morgan fingerprint density at radius 1 is 0.750 bits per heavy atom. The number of amides is 1. The summed E-state index contributed by atoms with van der Waals surface area (Å²) < 4.78 is 0. The lowest BCUT2D eigenvalue weighted by atomic mass is 9.88. The van der Waals surface area contributed by atoms with Gasteiger partial charge in [-0.25, -0.2) is 0 Å². The van der Waals surface area contributed by atoms with Crippen LogP contribution >= 0.6 is 0 Å². The van der Waals surface area contributed by atoms with Crippen LogP contribution in [0.2, 0.25) is 0 Å². The van der Waals surface area contributed by atoms with Crippen molar-refractivity contribution in [3.05, 3.63) is 114 Å². The minimum Gasteiger partial charge on any atom is -0.378 e. The zero-order valence-corrected chi connectivity index (χ0v) is 23.4. The first-order chi connectivity index (χ1) is 19.5. The van der Waals surface area contributed by atoms with Crippen LogP contribution in [-0.4, -0.2) is 30.8 Å². The number of pyridine rings is 1. The molecule has 1 saturated carbocycles. The quantitative estimate of drug-likeness (QED) is 0.212. The van der Waals surface area contributed by atoms with Crippen molar-refractivity contribution in [2.75, 3.05) is 23.9 Å². The second-order valence-corrected chi connectivity index (χ2v) is 10.9. The summed E-state index contributed by atoms with van der Waals surface area (Å²) in [4.78, 5) is 35.0. The molecule has 0 spiro atoms. The molecule has 1 aliphatic rings. The Morgan fingerprint density at radius 2 is 1.40 bits per heavy atom. The van der Waals surface area contributed by atoms with Gasteiger partial charge in [0.1, 0.15) is 0 Å². The number of ketones is 1. The van der Waals surface area contributed by atoms with Crippen LogP contribution in [0.5, 0.6) is 0 Å². The molecule has 0 atom stereocenters. The summed E-state index contributed by atoms with van der Waals surface area (Å²) in [7, 11) is 4.08. The molecular formula is C35H37N3O2. The molecule has 5 heteroatoms. The Hall–Kier alpha value is -4.25. The number of nitrogens with zero attached hydrogens (tertiary/aromatic N) is 3. The predicted molar refractivity (Wildman–Crippen MR) is 163 cm³/mol. The van der Waals surface area contributed by atoms with Gasteiger partial charge in [-0.3, -0.25) is 14.6 Å². The smallest absolute Gasteiger partial charge is 0.230 e. The van der Waals surface area contributed by atoms with Crippen LogP contribution in [0.15, 0.2) is 97.3 Å². The van der Waals surface area contributed by atoms with Crippen LogP contribution in [0.25, 0.3) is 11.1 Å². The van der Waals surface area contributed by atoms with Gasteiger partial charge in [0.2, 0.25) is 5.91 Å². The number of Topliss-reactive ketones (excluding diaryl/α,β-unsaturated/α-hetero) is 1. The van der Waals surface area contributed by atoms with E-state index in [1.165, 1.54) is 12.1 Å². The molecule has 4 aromatic rings. The molecule has 5 nitrogen and oxygen atoms in total. The van der Waals surface area contributed by atoms with Crippen LogP contribution in [-0.2, 0) is 17.8 Å². The molecule has 0 bridgehead atoms. The number of benzene rings is 3. The maximum atomic E-state index is 13.9. The van der Waals surface area contributed by atoms with Gasteiger partial charge in [-0.15, -0.1) is 0 Å². The van der Waals surface area contributed by atoms with Gasteiger partial charge < -0.3 is 9.80 Å². The lowest BCUT2D eigenvalue weighted by Crippen LogP contribution is -2.36. The summed E-state index contributed by atoms with van der Waals surface area (Å²) in [6, 6.07) is 28.3. The number of hydrogen-bond donors (Lipinski definition) is 0. The average molecular weight is 532 g/mol. The van der Waals surface area contributed by atoms with E-state index in [0.717, 1.165) is 53.6 Å². The number of carbonyl (C=O) groups is 2. The molecule has 0 radical (unpaired) electrons. The van der Waals surface area contributed by atoms with E-state index >= 15 is 0 Å². The van der Waals surface area contributed by atoms with Crippen LogP contribution in [0.1, 0.15) is 53.6 Å². The summed E-state index contributed by atoms with van der Waals surface area (Å²) in [5, 5.41) is 0. The molecule has 204 valence electrons. The van der Waals surface area contributed by atoms with Gasteiger partial charge in [0.15, 0.2) is 5.78 Å². The molecule has 0 aliphatic heterocycles. The van der Waals surface area contributed by atoms with Crippen molar-refractivity contribution in [2.45, 2.75) is 45.1 Å². The largest absolute Gasteiger partial charge is 0.378 e. The second kappa shape index (κ2) is 12.7. The third-order valence-corrected chi connectivity index (χ3v) is 7.83. The third-order valence-electron chi connectivity index (χ3n) is 7.83. The van der Waals surface area contributed by atoms with Crippen LogP contribution in [0.4, 0.5) is 11.4 Å². The molecule has 1 aromatic heterocycles. The van der Waals surface area contributed by atoms with Crippen molar-refractivity contribution >= 4 is 23.1 Å². The molecule has 1 amide bonds. The first kappa shape index (κ1) is 27.3. The number of rotatable bonds is 9. The summed E-state index contributed by atoms with van der Waals surface area (Å²) in [6.45, 7) is 0.469. The molecule has 1 aliphatic carbocycles. The van der Waals surface area contributed by atoms with E-state index < -0.39 is 0 Å². The predicted octanol–water partition coefficient (Wildman–Crippen LogP) is 7.35. The molecule has 1 heterocycles. The minimum atomic E-state index is 0.0272. The molecule has 0 saturated heterocycles. The standard InChI is InChI=1S/C35H37N3O2/c1-37(2)32-17-15-29(16-18-32)28-13-11-27(12-14-28)25-38(35(40)30-7-4-3-5-8-30)33-10-6-9-31(24-33)34(39)23-26-19-21-36-22-20-26/h6,9-22,24,30H,3-5,7-8,23,25H2,1-2H3. The van der Waals surface area contributed by atoms with Gasteiger partial charge in [0.25, 0.3) is 0 Å². The molecule has 1 fully saturated rings. The topological polar surface area (TPSA) is 53.5 Å². The molecule has 40 heavy (non-hydrogen) atoms. The Morgan fingerprint density at radius 3 is 2.05 bits per heavy atom. The summed E-state index contributed by atoms with van der Waals surface area (Å²) in [6.07, 6.45) is 8.95. The van der Waals surface area contributed by atoms with E-state index in [9.17, 15) is 9.59 Å². The summed E-state index contributed by atoms with van der Waals surface area (Å²) in [5.74, 6) is 0.212. The molecule has 5 rings (SSSR count). The molecule has 0 N–H and O–H groups in total. The van der Waals surface area contributed by atoms with Crippen molar-refractivity contribution in [1.29, 1.82) is 0 Å². The molecular weight excluding hydrogens is 494 g/mol. The van der Waals surface area contributed by atoms with Gasteiger partial charge in [-0.2, -0.15) is 0 Å². The highest BCUT2D eigenvalue weighted by Gasteiger charge is 2.27. The van der Waals surface area contributed by atoms with E-state index in [0.29, 0.717) is 18.5 Å². The lowest BCUT2D eigenvalue weighted by Gasteiger charge is -2.30. The average Bonchev–Trinajstić information content (AvgIpc) is 3.01. The maximum absolute atomic E-state index is 13.9. The molecule has 0 unspecified atom stereocenters. The Kier molecular flexibility index (Phi) is 8.70. The highest BCUT2D eigenvalue weighted by atomic mass is 16.2. The van der Waals surface area contributed by atoms with Crippen molar-refractivity contribution in [3.8, 4) is 11.1 Å². The van der Waals surface area contributed by atoms with E-state index in [1.807, 2.05) is 55.4 Å². The first-order valence-electron chi connectivity index (χ1n) is 14.2.